The van der Waals surface area contributed by atoms with E-state index in [0.29, 0.717) is 34.0 Å². The van der Waals surface area contributed by atoms with E-state index >= 15 is 0 Å². The Bertz CT molecular complexity index is 658. The van der Waals surface area contributed by atoms with E-state index in [9.17, 15) is 4.39 Å². The summed E-state index contributed by atoms with van der Waals surface area (Å²) in [4.78, 5) is 0. The summed E-state index contributed by atoms with van der Waals surface area (Å²) in [5.41, 5.74) is 1.57. The van der Waals surface area contributed by atoms with E-state index in [-0.39, 0.29) is 12.4 Å². The molecular formula is C16H15ClFNO2. The normalized spacial score (nSPS) is 11.5. The molecule has 110 valence electrons. The Morgan fingerprint density at radius 2 is 2.05 bits per heavy atom. The Hall–Kier alpha value is -2.07. The summed E-state index contributed by atoms with van der Waals surface area (Å²) in [5, 5.41) is 12.7. The Morgan fingerprint density at radius 3 is 2.76 bits per heavy atom. The Kier molecular flexibility index (Phi) is 5.17. The number of hydrogen-bond acceptors (Lipinski definition) is 3. The molecule has 0 atom stereocenters. The summed E-state index contributed by atoms with van der Waals surface area (Å²) in [5.74, 6) is 0.162. The van der Waals surface area contributed by atoms with Crippen LogP contribution in [0.15, 0.2) is 47.6 Å². The third-order valence-corrected chi connectivity index (χ3v) is 3.28. The summed E-state index contributed by atoms with van der Waals surface area (Å²) in [7, 11) is 0. The lowest BCUT2D eigenvalue weighted by Crippen LogP contribution is -2.05. The number of para-hydroxylation sites is 1. The van der Waals surface area contributed by atoms with E-state index in [1.165, 1.54) is 18.2 Å². The van der Waals surface area contributed by atoms with E-state index < -0.39 is 0 Å². The molecule has 2 rings (SSSR count). The van der Waals surface area contributed by atoms with Crippen LogP contribution in [0.4, 0.5) is 4.39 Å². The molecule has 0 heterocycles. The fourth-order valence-corrected chi connectivity index (χ4v) is 2.15. The van der Waals surface area contributed by atoms with Crippen LogP contribution >= 0.6 is 11.6 Å². The first kappa shape index (κ1) is 15.3. The standard InChI is InChI=1S/C16H15ClFNO2/c1-2-15(19-20)13-5-3-4-6-16(13)21-10-11-9-12(17)7-8-14(11)18/h3-9,20H,2,10H2,1H3/b19-15-. The van der Waals surface area contributed by atoms with Gasteiger partial charge in [-0.15, -0.1) is 0 Å². The summed E-state index contributed by atoms with van der Waals surface area (Å²) < 4.78 is 19.3. The molecular weight excluding hydrogens is 293 g/mol. The maximum absolute atomic E-state index is 13.7. The fourth-order valence-electron chi connectivity index (χ4n) is 1.96. The molecule has 1 N–H and O–H groups in total. The number of rotatable bonds is 5. The smallest absolute Gasteiger partial charge is 0.129 e. The van der Waals surface area contributed by atoms with Gasteiger partial charge in [-0.1, -0.05) is 35.8 Å². The van der Waals surface area contributed by atoms with Gasteiger partial charge < -0.3 is 9.94 Å². The van der Waals surface area contributed by atoms with Gasteiger partial charge in [0.05, 0.1) is 5.71 Å². The van der Waals surface area contributed by atoms with Crippen molar-refractivity contribution in [2.75, 3.05) is 0 Å². The second-order valence-electron chi connectivity index (χ2n) is 4.42. The monoisotopic (exact) mass is 307 g/mol. The van der Waals surface area contributed by atoms with Gasteiger partial charge >= 0.3 is 0 Å². The first-order valence-electron chi connectivity index (χ1n) is 6.52. The van der Waals surface area contributed by atoms with Crippen molar-refractivity contribution >= 4 is 17.3 Å². The number of benzene rings is 2. The van der Waals surface area contributed by atoms with Gasteiger partial charge in [-0.3, -0.25) is 0 Å². The van der Waals surface area contributed by atoms with Crippen LogP contribution in [-0.4, -0.2) is 10.9 Å². The number of oxime groups is 1. The van der Waals surface area contributed by atoms with Gasteiger partial charge in [-0.2, -0.15) is 0 Å². The zero-order chi connectivity index (χ0) is 15.2. The van der Waals surface area contributed by atoms with Crippen LogP contribution in [0.25, 0.3) is 0 Å². The highest BCUT2D eigenvalue weighted by molar-refractivity contribution is 6.30. The van der Waals surface area contributed by atoms with Gasteiger partial charge in [0.25, 0.3) is 0 Å². The van der Waals surface area contributed by atoms with Gasteiger partial charge in [-0.25, -0.2) is 4.39 Å². The van der Waals surface area contributed by atoms with Gasteiger partial charge in [0.2, 0.25) is 0 Å². The maximum Gasteiger partial charge on any atom is 0.129 e. The maximum atomic E-state index is 13.7. The molecule has 5 heteroatoms. The zero-order valence-electron chi connectivity index (χ0n) is 11.5. The van der Waals surface area contributed by atoms with Crippen LogP contribution < -0.4 is 4.74 Å². The Labute approximate surface area is 127 Å². The minimum absolute atomic E-state index is 0.0474. The summed E-state index contributed by atoms with van der Waals surface area (Å²) in [6, 6.07) is 11.5. The van der Waals surface area contributed by atoms with Crippen molar-refractivity contribution in [3.8, 4) is 5.75 Å². The van der Waals surface area contributed by atoms with Crippen LogP contribution in [0.2, 0.25) is 5.02 Å². The quantitative estimate of drug-likeness (QED) is 0.496. The molecule has 0 unspecified atom stereocenters. The molecule has 0 amide bonds. The van der Waals surface area contributed by atoms with Crippen LogP contribution in [-0.2, 0) is 6.61 Å². The lowest BCUT2D eigenvalue weighted by atomic mass is 10.1. The lowest BCUT2D eigenvalue weighted by Gasteiger charge is -2.12. The van der Waals surface area contributed by atoms with Crippen molar-refractivity contribution in [3.05, 3.63) is 64.4 Å². The van der Waals surface area contributed by atoms with Crippen molar-refractivity contribution < 1.29 is 14.3 Å². The van der Waals surface area contributed by atoms with E-state index in [1.807, 2.05) is 13.0 Å². The van der Waals surface area contributed by atoms with Crippen molar-refractivity contribution in [2.24, 2.45) is 5.16 Å². The molecule has 0 aliphatic rings. The molecule has 0 fully saturated rings. The second-order valence-corrected chi connectivity index (χ2v) is 4.86. The van der Waals surface area contributed by atoms with Gasteiger partial charge in [-0.05, 0) is 36.8 Å². The van der Waals surface area contributed by atoms with E-state index in [2.05, 4.69) is 5.16 Å². The van der Waals surface area contributed by atoms with Crippen molar-refractivity contribution in [2.45, 2.75) is 20.0 Å². The molecule has 0 saturated heterocycles. The first-order chi connectivity index (χ1) is 10.2. The molecule has 0 aliphatic heterocycles. The van der Waals surface area contributed by atoms with E-state index in [0.717, 1.165) is 0 Å². The predicted molar refractivity (Wildman–Crippen MR) is 80.8 cm³/mol. The molecule has 3 nitrogen and oxygen atoms in total. The van der Waals surface area contributed by atoms with Gasteiger partial charge in [0.1, 0.15) is 18.2 Å². The summed E-state index contributed by atoms with van der Waals surface area (Å²) in [6.07, 6.45) is 0.558. The molecule has 0 bridgehead atoms. The first-order valence-corrected chi connectivity index (χ1v) is 6.90. The third-order valence-electron chi connectivity index (χ3n) is 3.04. The molecule has 0 spiro atoms. The highest BCUT2D eigenvalue weighted by Gasteiger charge is 2.10. The largest absolute Gasteiger partial charge is 0.488 e. The minimum atomic E-state index is -0.372. The van der Waals surface area contributed by atoms with Crippen molar-refractivity contribution in [1.29, 1.82) is 0 Å². The topological polar surface area (TPSA) is 41.8 Å². The van der Waals surface area contributed by atoms with E-state index in [1.54, 1.807) is 18.2 Å². The Balaban J connectivity index is 2.23. The molecule has 2 aromatic rings. The molecule has 21 heavy (non-hydrogen) atoms. The number of ether oxygens (including phenoxy) is 1. The number of halogens is 2. The molecule has 0 saturated carbocycles. The van der Waals surface area contributed by atoms with E-state index in [4.69, 9.17) is 21.5 Å². The lowest BCUT2D eigenvalue weighted by molar-refractivity contribution is 0.297. The van der Waals surface area contributed by atoms with Crippen LogP contribution in [0, 0.1) is 5.82 Å². The van der Waals surface area contributed by atoms with Crippen molar-refractivity contribution in [3.63, 3.8) is 0 Å². The average Bonchev–Trinajstić information content (AvgIpc) is 2.50. The second kappa shape index (κ2) is 7.09. The minimum Gasteiger partial charge on any atom is -0.488 e. The predicted octanol–water partition coefficient (Wildman–Crippen LogP) is 4.65. The Morgan fingerprint density at radius 1 is 1.29 bits per heavy atom. The SMILES string of the molecule is CC/C(=N/O)c1ccccc1OCc1cc(Cl)ccc1F. The summed E-state index contributed by atoms with van der Waals surface area (Å²) in [6.45, 7) is 1.92. The molecule has 0 radical (unpaired) electrons. The average molecular weight is 308 g/mol. The zero-order valence-corrected chi connectivity index (χ0v) is 12.3. The van der Waals surface area contributed by atoms with Crippen LogP contribution in [0.3, 0.4) is 0 Å². The van der Waals surface area contributed by atoms with Crippen LogP contribution in [0.1, 0.15) is 24.5 Å². The van der Waals surface area contributed by atoms with Gasteiger partial charge in [0.15, 0.2) is 0 Å². The molecule has 0 aromatic heterocycles. The van der Waals surface area contributed by atoms with Crippen LogP contribution in [0.5, 0.6) is 5.75 Å². The summed E-state index contributed by atoms with van der Waals surface area (Å²) >= 11 is 5.85. The molecule has 0 aliphatic carbocycles. The highest BCUT2D eigenvalue weighted by atomic mass is 35.5. The number of nitrogens with zero attached hydrogens (tertiary/aromatic N) is 1. The molecule has 2 aromatic carbocycles. The number of hydrogen-bond donors (Lipinski definition) is 1. The van der Waals surface area contributed by atoms with Crippen molar-refractivity contribution in [1.82, 2.24) is 0 Å². The third kappa shape index (κ3) is 3.73. The fraction of sp³-hybridized carbons (Fsp3) is 0.188. The highest BCUT2D eigenvalue weighted by Crippen LogP contribution is 2.23. The van der Waals surface area contributed by atoms with Gasteiger partial charge in [0, 0.05) is 16.1 Å².